The molecule has 0 unspecified atom stereocenters. The standard InChI is InChI=1S/C16H17IN2O2/c17-13-7-9-14(10-8-13)19-16(20)18-11-4-12-21-15-5-2-1-3-6-15/h1-3,5-10H,4,11-12H2,(H2,18,19,20). The maximum absolute atomic E-state index is 11.7. The maximum Gasteiger partial charge on any atom is 0.319 e. The van der Waals surface area contributed by atoms with E-state index in [0.29, 0.717) is 13.2 Å². The Morgan fingerprint density at radius 2 is 1.76 bits per heavy atom. The number of carbonyl (C=O) groups is 1. The predicted octanol–water partition coefficient (Wildman–Crippen LogP) is 3.88. The zero-order chi connectivity index (χ0) is 14.9. The Morgan fingerprint density at radius 3 is 2.48 bits per heavy atom. The summed E-state index contributed by atoms with van der Waals surface area (Å²) in [5.41, 5.74) is 0.786. The van der Waals surface area contributed by atoms with Gasteiger partial charge in [-0.3, -0.25) is 0 Å². The van der Waals surface area contributed by atoms with Crippen LogP contribution in [0.5, 0.6) is 5.75 Å². The molecule has 0 radical (unpaired) electrons. The van der Waals surface area contributed by atoms with Crippen LogP contribution in [0.1, 0.15) is 6.42 Å². The first-order chi connectivity index (χ1) is 10.2. The van der Waals surface area contributed by atoms with E-state index in [2.05, 4.69) is 33.2 Å². The van der Waals surface area contributed by atoms with Gasteiger partial charge in [0, 0.05) is 15.8 Å². The van der Waals surface area contributed by atoms with Crippen molar-refractivity contribution in [2.45, 2.75) is 6.42 Å². The molecule has 0 fully saturated rings. The van der Waals surface area contributed by atoms with Gasteiger partial charge in [-0.1, -0.05) is 18.2 Å². The first kappa shape index (κ1) is 15.6. The minimum atomic E-state index is -0.198. The molecular weight excluding hydrogens is 379 g/mol. The lowest BCUT2D eigenvalue weighted by molar-refractivity contribution is 0.250. The molecule has 0 aliphatic rings. The van der Waals surface area contributed by atoms with Crippen molar-refractivity contribution < 1.29 is 9.53 Å². The van der Waals surface area contributed by atoms with Crippen molar-refractivity contribution in [2.24, 2.45) is 0 Å². The van der Waals surface area contributed by atoms with Crippen molar-refractivity contribution >= 4 is 34.3 Å². The Kier molecular flexibility index (Phi) is 6.33. The van der Waals surface area contributed by atoms with E-state index >= 15 is 0 Å². The third-order valence-electron chi connectivity index (χ3n) is 2.72. The first-order valence-electron chi connectivity index (χ1n) is 6.72. The lowest BCUT2D eigenvalue weighted by Crippen LogP contribution is -2.30. The van der Waals surface area contributed by atoms with Crippen molar-refractivity contribution in [3.8, 4) is 5.75 Å². The molecule has 4 nitrogen and oxygen atoms in total. The van der Waals surface area contributed by atoms with E-state index in [0.717, 1.165) is 21.4 Å². The normalized spacial score (nSPS) is 9.95. The predicted molar refractivity (Wildman–Crippen MR) is 92.7 cm³/mol. The molecule has 21 heavy (non-hydrogen) atoms. The van der Waals surface area contributed by atoms with E-state index in [9.17, 15) is 4.79 Å². The van der Waals surface area contributed by atoms with Gasteiger partial charge in [-0.05, 0) is 65.4 Å². The fourth-order valence-corrected chi connectivity index (χ4v) is 2.05. The van der Waals surface area contributed by atoms with Crippen LogP contribution < -0.4 is 15.4 Å². The van der Waals surface area contributed by atoms with Crippen molar-refractivity contribution in [3.63, 3.8) is 0 Å². The van der Waals surface area contributed by atoms with E-state index in [1.807, 2.05) is 54.6 Å². The second kappa shape index (κ2) is 8.51. The van der Waals surface area contributed by atoms with Crippen molar-refractivity contribution in [1.29, 1.82) is 0 Å². The minimum Gasteiger partial charge on any atom is -0.494 e. The van der Waals surface area contributed by atoms with Crippen LogP contribution in [-0.2, 0) is 0 Å². The van der Waals surface area contributed by atoms with Gasteiger partial charge in [0.05, 0.1) is 6.61 Å². The molecule has 0 atom stereocenters. The number of halogens is 1. The number of hydrogen-bond donors (Lipinski definition) is 2. The number of hydrogen-bond acceptors (Lipinski definition) is 2. The Balaban J connectivity index is 1.60. The highest BCUT2D eigenvalue weighted by atomic mass is 127. The number of amides is 2. The summed E-state index contributed by atoms with van der Waals surface area (Å²) in [5, 5.41) is 5.58. The van der Waals surface area contributed by atoms with Gasteiger partial charge in [0.1, 0.15) is 5.75 Å². The van der Waals surface area contributed by atoms with E-state index < -0.39 is 0 Å². The van der Waals surface area contributed by atoms with Gasteiger partial charge in [0.15, 0.2) is 0 Å². The van der Waals surface area contributed by atoms with E-state index in [1.54, 1.807) is 0 Å². The summed E-state index contributed by atoms with van der Waals surface area (Å²) in [6.45, 7) is 1.15. The number of nitrogens with one attached hydrogen (secondary N) is 2. The summed E-state index contributed by atoms with van der Waals surface area (Å²) in [5.74, 6) is 0.848. The van der Waals surface area contributed by atoms with E-state index in [-0.39, 0.29) is 6.03 Å². The Morgan fingerprint density at radius 1 is 1.05 bits per heavy atom. The third kappa shape index (κ3) is 6.03. The van der Waals surface area contributed by atoms with Gasteiger partial charge in [-0.2, -0.15) is 0 Å². The molecule has 5 heteroatoms. The molecule has 110 valence electrons. The molecule has 0 spiro atoms. The van der Waals surface area contributed by atoms with Crippen LogP contribution in [0.15, 0.2) is 54.6 Å². The molecule has 0 heterocycles. The van der Waals surface area contributed by atoms with Crippen LogP contribution in [0.25, 0.3) is 0 Å². The fourth-order valence-electron chi connectivity index (χ4n) is 1.69. The van der Waals surface area contributed by atoms with Crippen LogP contribution in [0.2, 0.25) is 0 Å². The van der Waals surface area contributed by atoms with Crippen LogP contribution in [0.3, 0.4) is 0 Å². The highest BCUT2D eigenvalue weighted by Gasteiger charge is 2.00. The van der Waals surface area contributed by atoms with Crippen molar-refractivity contribution in [2.75, 3.05) is 18.5 Å². The molecule has 0 aromatic heterocycles. The summed E-state index contributed by atoms with van der Waals surface area (Å²) in [4.78, 5) is 11.7. The van der Waals surface area contributed by atoms with Crippen LogP contribution in [-0.4, -0.2) is 19.2 Å². The highest BCUT2D eigenvalue weighted by Crippen LogP contribution is 2.11. The topological polar surface area (TPSA) is 50.4 Å². The molecule has 2 rings (SSSR count). The second-order valence-electron chi connectivity index (χ2n) is 4.40. The number of urea groups is 1. The SMILES string of the molecule is O=C(NCCCOc1ccccc1)Nc1ccc(I)cc1. The smallest absolute Gasteiger partial charge is 0.319 e. The van der Waals surface area contributed by atoms with Gasteiger partial charge in [0.25, 0.3) is 0 Å². The monoisotopic (exact) mass is 396 g/mol. The van der Waals surface area contributed by atoms with Gasteiger partial charge in [-0.15, -0.1) is 0 Å². The summed E-state index contributed by atoms with van der Waals surface area (Å²) < 4.78 is 6.68. The van der Waals surface area contributed by atoms with Gasteiger partial charge >= 0.3 is 6.03 Å². The number of ether oxygens (including phenoxy) is 1. The molecule has 0 aliphatic carbocycles. The highest BCUT2D eigenvalue weighted by molar-refractivity contribution is 14.1. The lowest BCUT2D eigenvalue weighted by atomic mass is 10.3. The van der Waals surface area contributed by atoms with E-state index in [1.165, 1.54) is 0 Å². The van der Waals surface area contributed by atoms with Crippen molar-refractivity contribution in [1.82, 2.24) is 5.32 Å². The number of rotatable bonds is 6. The molecule has 0 saturated heterocycles. The van der Waals surface area contributed by atoms with Gasteiger partial charge < -0.3 is 15.4 Å². The van der Waals surface area contributed by atoms with Gasteiger partial charge in [-0.25, -0.2) is 4.79 Å². The molecular formula is C16H17IN2O2. The maximum atomic E-state index is 11.7. The average molecular weight is 396 g/mol. The van der Waals surface area contributed by atoms with Crippen LogP contribution in [0, 0.1) is 3.57 Å². The summed E-state index contributed by atoms with van der Waals surface area (Å²) >= 11 is 2.22. The molecule has 2 N–H and O–H groups in total. The van der Waals surface area contributed by atoms with Crippen LogP contribution in [0.4, 0.5) is 10.5 Å². The molecule has 0 bridgehead atoms. The Bertz CT molecular complexity index is 558. The lowest BCUT2D eigenvalue weighted by Gasteiger charge is -2.08. The summed E-state index contributed by atoms with van der Waals surface area (Å²) in [6.07, 6.45) is 0.759. The zero-order valence-electron chi connectivity index (χ0n) is 11.5. The number of para-hydroxylation sites is 1. The zero-order valence-corrected chi connectivity index (χ0v) is 13.7. The van der Waals surface area contributed by atoms with E-state index in [4.69, 9.17) is 4.74 Å². The quantitative estimate of drug-likeness (QED) is 0.575. The molecule has 0 saturated carbocycles. The largest absolute Gasteiger partial charge is 0.494 e. The van der Waals surface area contributed by atoms with Crippen LogP contribution >= 0.6 is 22.6 Å². The minimum absolute atomic E-state index is 0.198. The fraction of sp³-hybridized carbons (Fsp3) is 0.188. The molecule has 2 aromatic carbocycles. The Labute approximate surface area is 138 Å². The van der Waals surface area contributed by atoms with Gasteiger partial charge in [0.2, 0.25) is 0 Å². The number of carbonyl (C=O) groups excluding carboxylic acids is 1. The number of anilines is 1. The summed E-state index contributed by atoms with van der Waals surface area (Å²) in [7, 11) is 0. The second-order valence-corrected chi connectivity index (χ2v) is 5.65. The Hall–Kier alpha value is -1.76. The summed E-state index contributed by atoms with van der Waals surface area (Å²) in [6, 6.07) is 17.1. The molecule has 2 amide bonds. The molecule has 0 aliphatic heterocycles. The molecule has 2 aromatic rings. The third-order valence-corrected chi connectivity index (χ3v) is 3.44. The van der Waals surface area contributed by atoms with Crippen molar-refractivity contribution in [3.05, 3.63) is 58.2 Å². The first-order valence-corrected chi connectivity index (χ1v) is 7.80. The number of benzene rings is 2. The average Bonchev–Trinajstić information content (AvgIpc) is 2.50.